The van der Waals surface area contributed by atoms with E-state index in [0.717, 1.165) is 36.1 Å². The van der Waals surface area contributed by atoms with Crippen LogP contribution in [0.3, 0.4) is 0 Å². The standard InChI is InChI=1S/C18H29N3O2.HI/c1-6-23-15-8-7-14(11-16(15)22-5)12-20-17(19-4)21-10-9-18(2,3)13-21;/h7-8,11H,6,9-10,12-13H2,1-5H3,(H,19,20);1H. The Kier molecular flexibility index (Phi) is 8.12. The topological polar surface area (TPSA) is 46.1 Å². The Morgan fingerprint density at radius 1 is 1.33 bits per heavy atom. The van der Waals surface area contributed by atoms with E-state index < -0.39 is 0 Å². The molecule has 0 radical (unpaired) electrons. The van der Waals surface area contributed by atoms with Crippen molar-refractivity contribution < 1.29 is 9.47 Å². The first-order chi connectivity index (χ1) is 11.0. The van der Waals surface area contributed by atoms with Gasteiger partial charge in [0.15, 0.2) is 17.5 Å². The van der Waals surface area contributed by atoms with E-state index in [0.29, 0.717) is 18.6 Å². The van der Waals surface area contributed by atoms with Gasteiger partial charge in [-0.2, -0.15) is 0 Å². The number of likely N-dealkylation sites (tertiary alicyclic amines) is 1. The van der Waals surface area contributed by atoms with Gasteiger partial charge < -0.3 is 19.7 Å². The van der Waals surface area contributed by atoms with Crippen molar-refractivity contribution in [3.05, 3.63) is 23.8 Å². The number of aliphatic imine (C=N–C) groups is 1. The van der Waals surface area contributed by atoms with Crippen LogP contribution in [0.5, 0.6) is 11.5 Å². The van der Waals surface area contributed by atoms with Crippen molar-refractivity contribution in [2.75, 3.05) is 33.9 Å². The van der Waals surface area contributed by atoms with Crippen LogP contribution in [0.2, 0.25) is 0 Å². The molecule has 1 aromatic carbocycles. The fourth-order valence-corrected chi connectivity index (χ4v) is 2.90. The number of halogens is 1. The van der Waals surface area contributed by atoms with Gasteiger partial charge in [-0.3, -0.25) is 4.99 Å². The van der Waals surface area contributed by atoms with Crippen LogP contribution >= 0.6 is 24.0 Å². The van der Waals surface area contributed by atoms with Crippen LogP contribution in [0.1, 0.15) is 32.8 Å². The van der Waals surface area contributed by atoms with E-state index in [-0.39, 0.29) is 24.0 Å². The molecule has 0 unspecified atom stereocenters. The van der Waals surface area contributed by atoms with Gasteiger partial charge in [0.05, 0.1) is 13.7 Å². The highest BCUT2D eigenvalue weighted by Gasteiger charge is 2.30. The molecule has 1 aliphatic rings. The van der Waals surface area contributed by atoms with Gasteiger partial charge in [-0.25, -0.2) is 0 Å². The summed E-state index contributed by atoms with van der Waals surface area (Å²) in [6, 6.07) is 6.03. The van der Waals surface area contributed by atoms with Gasteiger partial charge >= 0.3 is 0 Å². The molecule has 1 saturated heterocycles. The molecule has 5 nitrogen and oxygen atoms in total. The SMILES string of the molecule is CCOc1ccc(CNC(=NC)N2CCC(C)(C)C2)cc1OC.I. The summed E-state index contributed by atoms with van der Waals surface area (Å²) < 4.78 is 11.0. The van der Waals surface area contributed by atoms with E-state index >= 15 is 0 Å². The smallest absolute Gasteiger partial charge is 0.193 e. The third-order valence-electron chi connectivity index (χ3n) is 4.17. The summed E-state index contributed by atoms with van der Waals surface area (Å²) in [6.07, 6.45) is 1.20. The molecule has 1 aliphatic heterocycles. The zero-order valence-corrected chi connectivity index (χ0v) is 17.7. The first kappa shape index (κ1) is 20.9. The second-order valence-electron chi connectivity index (χ2n) is 6.65. The van der Waals surface area contributed by atoms with Gasteiger partial charge in [0, 0.05) is 26.7 Å². The molecule has 1 heterocycles. The minimum Gasteiger partial charge on any atom is -0.493 e. The van der Waals surface area contributed by atoms with E-state index in [9.17, 15) is 0 Å². The molecule has 0 bridgehead atoms. The summed E-state index contributed by atoms with van der Waals surface area (Å²) in [5.74, 6) is 2.51. The highest BCUT2D eigenvalue weighted by molar-refractivity contribution is 14.0. The molecular formula is C18H30IN3O2. The maximum atomic E-state index is 5.56. The van der Waals surface area contributed by atoms with E-state index in [1.807, 2.05) is 26.1 Å². The van der Waals surface area contributed by atoms with E-state index in [1.165, 1.54) is 6.42 Å². The number of hydrogen-bond acceptors (Lipinski definition) is 3. The predicted octanol–water partition coefficient (Wildman–Crippen LogP) is 3.52. The number of ether oxygens (including phenoxy) is 2. The Hall–Kier alpha value is -1.18. The molecule has 0 atom stereocenters. The number of nitrogens with one attached hydrogen (secondary N) is 1. The number of benzene rings is 1. The zero-order valence-electron chi connectivity index (χ0n) is 15.4. The second kappa shape index (κ2) is 9.34. The maximum absolute atomic E-state index is 5.56. The lowest BCUT2D eigenvalue weighted by molar-refractivity contribution is 0.310. The minimum atomic E-state index is 0. The van der Waals surface area contributed by atoms with Gasteiger partial charge in [-0.15, -0.1) is 24.0 Å². The molecule has 136 valence electrons. The highest BCUT2D eigenvalue weighted by Crippen LogP contribution is 2.29. The Morgan fingerprint density at radius 3 is 2.62 bits per heavy atom. The van der Waals surface area contributed by atoms with E-state index in [1.54, 1.807) is 7.11 Å². The Bertz CT molecular complexity index is 561. The molecule has 6 heteroatoms. The molecule has 1 N–H and O–H groups in total. The summed E-state index contributed by atoms with van der Waals surface area (Å²) in [6.45, 7) is 10.0. The molecule has 0 amide bonds. The van der Waals surface area contributed by atoms with Crippen LogP contribution in [0.25, 0.3) is 0 Å². The quantitative estimate of drug-likeness (QED) is 0.426. The summed E-state index contributed by atoms with van der Waals surface area (Å²) in [5.41, 5.74) is 1.50. The van der Waals surface area contributed by atoms with Crippen LogP contribution in [0, 0.1) is 5.41 Å². The predicted molar refractivity (Wildman–Crippen MR) is 110 cm³/mol. The van der Waals surface area contributed by atoms with Crippen molar-refractivity contribution in [2.45, 2.75) is 33.7 Å². The van der Waals surface area contributed by atoms with Crippen molar-refractivity contribution >= 4 is 29.9 Å². The molecule has 0 aliphatic carbocycles. The monoisotopic (exact) mass is 447 g/mol. The van der Waals surface area contributed by atoms with Crippen molar-refractivity contribution in [3.63, 3.8) is 0 Å². The molecular weight excluding hydrogens is 417 g/mol. The van der Waals surface area contributed by atoms with Gasteiger partial charge in [-0.05, 0) is 36.5 Å². The number of methoxy groups -OCH3 is 1. The average molecular weight is 447 g/mol. The first-order valence-electron chi connectivity index (χ1n) is 8.24. The van der Waals surface area contributed by atoms with Crippen LogP contribution in [-0.4, -0.2) is 44.7 Å². The Morgan fingerprint density at radius 2 is 2.08 bits per heavy atom. The molecule has 2 rings (SSSR count). The first-order valence-corrected chi connectivity index (χ1v) is 8.24. The largest absolute Gasteiger partial charge is 0.493 e. The Balaban J connectivity index is 0.00000288. The molecule has 1 fully saturated rings. The fourth-order valence-electron chi connectivity index (χ4n) is 2.90. The third-order valence-corrected chi connectivity index (χ3v) is 4.17. The summed E-state index contributed by atoms with van der Waals surface area (Å²) in [7, 11) is 3.51. The molecule has 0 saturated carbocycles. The molecule has 0 spiro atoms. The van der Waals surface area contributed by atoms with Gasteiger partial charge in [0.2, 0.25) is 0 Å². The van der Waals surface area contributed by atoms with Gasteiger partial charge in [0.25, 0.3) is 0 Å². The second-order valence-corrected chi connectivity index (χ2v) is 6.65. The van der Waals surface area contributed by atoms with Crippen molar-refractivity contribution in [1.82, 2.24) is 10.2 Å². The van der Waals surface area contributed by atoms with Crippen molar-refractivity contribution in [3.8, 4) is 11.5 Å². The summed E-state index contributed by atoms with van der Waals surface area (Å²) in [5, 5.41) is 3.45. The maximum Gasteiger partial charge on any atom is 0.193 e. The lowest BCUT2D eigenvalue weighted by atomic mass is 9.93. The number of nitrogens with zero attached hydrogens (tertiary/aromatic N) is 2. The van der Waals surface area contributed by atoms with Crippen molar-refractivity contribution in [2.24, 2.45) is 10.4 Å². The van der Waals surface area contributed by atoms with Gasteiger partial charge in [-0.1, -0.05) is 19.9 Å². The van der Waals surface area contributed by atoms with E-state index in [4.69, 9.17) is 9.47 Å². The normalized spacial score (nSPS) is 16.5. The lowest BCUT2D eigenvalue weighted by Gasteiger charge is -2.23. The number of hydrogen-bond donors (Lipinski definition) is 1. The highest BCUT2D eigenvalue weighted by atomic mass is 127. The molecule has 0 aromatic heterocycles. The van der Waals surface area contributed by atoms with Crippen LogP contribution in [0.15, 0.2) is 23.2 Å². The van der Waals surface area contributed by atoms with E-state index in [2.05, 4.69) is 35.1 Å². The summed E-state index contributed by atoms with van der Waals surface area (Å²) >= 11 is 0. The number of rotatable bonds is 5. The van der Waals surface area contributed by atoms with Crippen LogP contribution in [0.4, 0.5) is 0 Å². The summed E-state index contributed by atoms with van der Waals surface area (Å²) in [4.78, 5) is 6.74. The average Bonchev–Trinajstić information content (AvgIpc) is 2.89. The van der Waals surface area contributed by atoms with Crippen LogP contribution < -0.4 is 14.8 Å². The van der Waals surface area contributed by atoms with Crippen molar-refractivity contribution in [1.29, 1.82) is 0 Å². The lowest BCUT2D eigenvalue weighted by Crippen LogP contribution is -2.40. The minimum absolute atomic E-state index is 0. The molecule has 1 aromatic rings. The van der Waals surface area contributed by atoms with Crippen LogP contribution in [-0.2, 0) is 6.54 Å². The fraction of sp³-hybridized carbons (Fsp3) is 0.611. The van der Waals surface area contributed by atoms with Gasteiger partial charge in [0.1, 0.15) is 0 Å². The zero-order chi connectivity index (χ0) is 16.9. The number of guanidine groups is 1. The molecule has 24 heavy (non-hydrogen) atoms. The Labute approximate surface area is 162 Å². The third kappa shape index (κ3) is 5.43.